The predicted octanol–water partition coefficient (Wildman–Crippen LogP) is 2.57. The third-order valence-corrected chi connectivity index (χ3v) is 3.65. The highest BCUT2D eigenvalue weighted by Crippen LogP contribution is 2.23. The number of methoxy groups -OCH3 is 1. The largest absolute Gasteiger partial charge is 0.496 e. The van der Waals surface area contributed by atoms with Gasteiger partial charge in [0, 0.05) is 6.04 Å². The number of ether oxygens (including phenoxy) is 1. The number of rotatable bonds is 8. The van der Waals surface area contributed by atoms with Crippen LogP contribution < -0.4 is 15.8 Å². The van der Waals surface area contributed by atoms with Crippen LogP contribution in [0.5, 0.6) is 5.75 Å². The Bertz CT molecular complexity index is 389. The van der Waals surface area contributed by atoms with E-state index in [0.29, 0.717) is 6.04 Å². The first-order valence-corrected chi connectivity index (χ1v) is 7.15. The SMILES string of the molecule is COc1ccc(CCNCCCC(C)N)c(C)c1C. The van der Waals surface area contributed by atoms with Crippen molar-refractivity contribution >= 4 is 0 Å². The minimum absolute atomic E-state index is 0.313. The molecule has 0 saturated carbocycles. The van der Waals surface area contributed by atoms with Gasteiger partial charge in [0.25, 0.3) is 0 Å². The number of nitrogens with one attached hydrogen (secondary N) is 1. The van der Waals surface area contributed by atoms with E-state index in [1.54, 1.807) is 7.11 Å². The highest BCUT2D eigenvalue weighted by Gasteiger charge is 2.06. The van der Waals surface area contributed by atoms with Crippen LogP contribution in [0.25, 0.3) is 0 Å². The van der Waals surface area contributed by atoms with Crippen molar-refractivity contribution in [3.63, 3.8) is 0 Å². The van der Waals surface area contributed by atoms with Gasteiger partial charge in [0.1, 0.15) is 5.75 Å². The maximum atomic E-state index is 5.72. The zero-order valence-electron chi connectivity index (χ0n) is 12.8. The number of hydrogen-bond acceptors (Lipinski definition) is 3. The molecule has 1 rings (SSSR count). The molecule has 0 fully saturated rings. The van der Waals surface area contributed by atoms with E-state index in [1.807, 2.05) is 0 Å². The molecule has 19 heavy (non-hydrogen) atoms. The molecule has 0 heterocycles. The van der Waals surface area contributed by atoms with Crippen LogP contribution in [-0.4, -0.2) is 26.2 Å². The topological polar surface area (TPSA) is 47.3 Å². The molecule has 0 spiro atoms. The molecule has 1 aromatic rings. The second-order valence-electron chi connectivity index (χ2n) is 5.30. The van der Waals surface area contributed by atoms with E-state index in [2.05, 4.69) is 38.2 Å². The lowest BCUT2D eigenvalue weighted by Gasteiger charge is -2.13. The van der Waals surface area contributed by atoms with Crippen molar-refractivity contribution in [1.82, 2.24) is 5.32 Å². The van der Waals surface area contributed by atoms with Gasteiger partial charge in [-0.3, -0.25) is 0 Å². The Labute approximate surface area is 117 Å². The molecule has 1 atom stereocenters. The molecule has 0 aromatic heterocycles. The average molecular weight is 264 g/mol. The van der Waals surface area contributed by atoms with Gasteiger partial charge in [0.05, 0.1) is 7.11 Å². The van der Waals surface area contributed by atoms with Crippen LogP contribution >= 0.6 is 0 Å². The molecule has 0 aliphatic rings. The summed E-state index contributed by atoms with van der Waals surface area (Å²) in [6.45, 7) is 8.42. The van der Waals surface area contributed by atoms with Crippen molar-refractivity contribution in [2.75, 3.05) is 20.2 Å². The van der Waals surface area contributed by atoms with E-state index < -0.39 is 0 Å². The van der Waals surface area contributed by atoms with Crippen LogP contribution in [0.3, 0.4) is 0 Å². The van der Waals surface area contributed by atoms with E-state index >= 15 is 0 Å². The Morgan fingerprint density at radius 1 is 1.21 bits per heavy atom. The first-order valence-electron chi connectivity index (χ1n) is 7.15. The lowest BCUT2D eigenvalue weighted by atomic mass is 10.00. The molecule has 3 N–H and O–H groups in total. The fourth-order valence-corrected chi connectivity index (χ4v) is 2.24. The van der Waals surface area contributed by atoms with Gasteiger partial charge < -0.3 is 15.8 Å². The van der Waals surface area contributed by atoms with Crippen LogP contribution in [0.4, 0.5) is 0 Å². The molecule has 3 nitrogen and oxygen atoms in total. The van der Waals surface area contributed by atoms with Crippen molar-refractivity contribution in [2.45, 2.75) is 46.1 Å². The van der Waals surface area contributed by atoms with Gasteiger partial charge in [-0.1, -0.05) is 6.07 Å². The summed E-state index contributed by atoms with van der Waals surface area (Å²) in [6.07, 6.45) is 3.31. The van der Waals surface area contributed by atoms with Gasteiger partial charge >= 0.3 is 0 Å². The molecule has 1 aromatic carbocycles. The summed E-state index contributed by atoms with van der Waals surface area (Å²) < 4.78 is 5.33. The lowest BCUT2D eigenvalue weighted by molar-refractivity contribution is 0.411. The first kappa shape index (κ1) is 16.0. The second-order valence-corrected chi connectivity index (χ2v) is 5.30. The van der Waals surface area contributed by atoms with Gasteiger partial charge in [0.2, 0.25) is 0 Å². The van der Waals surface area contributed by atoms with Crippen molar-refractivity contribution in [3.8, 4) is 5.75 Å². The fourth-order valence-electron chi connectivity index (χ4n) is 2.24. The molecule has 108 valence electrons. The Morgan fingerprint density at radius 3 is 2.58 bits per heavy atom. The van der Waals surface area contributed by atoms with E-state index in [4.69, 9.17) is 10.5 Å². The summed E-state index contributed by atoms with van der Waals surface area (Å²) in [5, 5.41) is 3.48. The number of benzene rings is 1. The lowest BCUT2D eigenvalue weighted by Crippen LogP contribution is -2.22. The number of nitrogens with two attached hydrogens (primary N) is 1. The van der Waals surface area contributed by atoms with Crippen molar-refractivity contribution < 1.29 is 4.74 Å². The molecular weight excluding hydrogens is 236 g/mol. The van der Waals surface area contributed by atoms with Crippen LogP contribution in [0.15, 0.2) is 12.1 Å². The smallest absolute Gasteiger partial charge is 0.122 e. The quantitative estimate of drug-likeness (QED) is 0.709. The normalized spacial score (nSPS) is 12.5. The Hall–Kier alpha value is -1.06. The average Bonchev–Trinajstić information content (AvgIpc) is 2.38. The minimum Gasteiger partial charge on any atom is -0.496 e. The van der Waals surface area contributed by atoms with Gasteiger partial charge in [-0.25, -0.2) is 0 Å². The zero-order chi connectivity index (χ0) is 14.3. The third kappa shape index (κ3) is 5.21. The second kappa shape index (κ2) is 8.18. The molecule has 0 amide bonds. The standard InChI is InChI=1S/C16H28N2O/c1-12(17)6-5-10-18-11-9-15-7-8-16(19-4)14(3)13(15)2/h7-8,12,18H,5-6,9-11,17H2,1-4H3. The molecule has 0 radical (unpaired) electrons. The monoisotopic (exact) mass is 264 g/mol. The third-order valence-electron chi connectivity index (χ3n) is 3.65. The Balaban J connectivity index is 2.36. The summed E-state index contributed by atoms with van der Waals surface area (Å²) in [6, 6.07) is 4.55. The summed E-state index contributed by atoms with van der Waals surface area (Å²) in [5.41, 5.74) is 9.71. The molecule has 1 unspecified atom stereocenters. The van der Waals surface area contributed by atoms with E-state index in [-0.39, 0.29) is 0 Å². The maximum Gasteiger partial charge on any atom is 0.122 e. The van der Waals surface area contributed by atoms with Gasteiger partial charge in [-0.2, -0.15) is 0 Å². The molecule has 0 aliphatic heterocycles. The van der Waals surface area contributed by atoms with Gasteiger partial charge in [-0.15, -0.1) is 0 Å². The van der Waals surface area contributed by atoms with Crippen LogP contribution in [-0.2, 0) is 6.42 Å². The van der Waals surface area contributed by atoms with Crippen LogP contribution in [0.1, 0.15) is 36.5 Å². The molecule has 0 bridgehead atoms. The van der Waals surface area contributed by atoms with Gasteiger partial charge in [0.15, 0.2) is 0 Å². The first-order chi connectivity index (χ1) is 9.06. The number of hydrogen-bond donors (Lipinski definition) is 2. The Morgan fingerprint density at radius 2 is 1.95 bits per heavy atom. The fraction of sp³-hybridized carbons (Fsp3) is 0.625. The Kier molecular flexibility index (Phi) is 6.89. The molecular formula is C16H28N2O. The van der Waals surface area contributed by atoms with Crippen LogP contribution in [0, 0.1) is 13.8 Å². The summed E-state index contributed by atoms with van der Waals surface area (Å²) in [5.74, 6) is 0.978. The van der Waals surface area contributed by atoms with E-state index in [0.717, 1.165) is 38.1 Å². The maximum absolute atomic E-state index is 5.72. The van der Waals surface area contributed by atoms with Crippen molar-refractivity contribution in [3.05, 3.63) is 28.8 Å². The van der Waals surface area contributed by atoms with Crippen LogP contribution in [0.2, 0.25) is 0 Å². The van der Waals surface area contributed by atoms with Crippen molar-refractivity contribution in [2.24, 2.45) is 5.73 Å². The van der Waals surface area contributed by atoms with E-state index in [1.165, 1.54) is 16.7 Å². The highest BCUT2D eigenvalue weighted by atomic mass is 16.5. The van der Waals surface area contributed by atoms with Crippen molar-refractivity contribution in [1.29, 1.82) is 0 Å². The summed E-state index contributed by atoms with van der Waals surface area (Å²) in [4.78, 5) is 0. The zero-order valence-corrected chi connectivity index (χ0v) is 12.8. The predicted molar refractivity (Wildman–Crippen MR) is 81.9 cm³/mol. The summed E-state index contributed by atoms with van der Waals surface area (Å²) >= 11 is 0. The minimum atomic E-state index is 0.313. The van der Waals surface area contributed by atoms with Gasteiger partial charge in [-0.05, 0) is 75.9 Å². The van der Waals surface area contributed by atoms with E-state index in [9.17, 15) is 0 Å². The molecule has 0 saturated heterocycles. The molecule has 0 aliphatic carbocycles. The summed E-state index contributed by atoms with van der Waals surface area (Å²) in [7, 11) is 1.72. The molecule has 3 heteroatoms. The highest BCUT2D eigenvalue weighted by molar-refractivity contribution is 5.43.